The van der Waals surface area contributed by atoms with Crippen molar-refractivity contribution in [3.8, 4) is 0 Å². The van der Waals surface area contributed by atoms with Gasteiger partial charge < -0.3 is 9.52 Å². The molecule has 0 unspecified atom stereocenters. The number of rotatable bonds is 4. The molecule has 0 amide bonds. The first-order valence-corrected chi connectivity index (χ1v) is 6.85. The molecule has 1 N–H and O–H groups in total. The number of furan rings is 1. The molecule has 0 saturated carbocycles. The summed E-state index contributed by atoms with van der Waals surface area (Å²) in [5.74, 6) is -1.87. The molecule has 0 radical (unpaired) electrons. The summed E-state index contributed by atoms with van der Waals surface area (Å²) < 4.78 is 18.4. The van der Waals surface area contributed by atoms with Gasteiger partial charge in [0, 0.05) is 31.1 Å². The summed E-state index contributed by atoms with van der Waals surface area (Å²) in [6, 6.07) is 8.10. The summed E-state index contributed by atoms with van der Waals surface area (Å²) >= 11 is 0. The molecule has 1 saturated heterocycles. The molecule has 0 aliphatic carbocycles. The molecule has 4 nitrogen and oxygen atoms in total. The van der Waals surface area contributed by atoms with Gasteiger partial charge >= 0.3 is 5.97 Å². The molecule has 1 fully saturated rings. The smallest absolute Gasteiger partial charge is 0.308 e. The molecule has 2 aromatic rings. The number of aliphatic carboxylic acids is 1. The van der Waals surface area contributed by atoms with Crippen LogP contribution < -0.4 is 0 Å². The monoisotopic (exact) mass is 289 g/mol. The van der Waals surface area contributed by atoms with Crippen LogP contribution in [0.15, 0.2) is 47.3 Å². The third-order valence-electron chi connectivity index (χ3n) is 3.98. The van der Waals surface area contributed by atoms with Crippen LogP contribution in [0.1, 0.15) is 17.0 Å². The van der Waals surface area contributed by atoms with Crippen molar-refractivity contribution in [1.29, 1.82) is 0 Å². The van der Waals surface area contributed by atoms with Crippen LogP contribution in [0.5, 0.6) is 0 Å². The molecule has 110 valence electrons. The standard InChI is InChI=1S/C16H16FNO3/c17-13-3-1-2-12(6-13)14-8-18(9-15(14)16(19)20)7-11-4-5-21-10-11/h1-6,10,14-15H,7-9H2,(H,19,20)/t14-,15+/m0/s1. The highest BCUT2D eigenvalue weighted by atomic mass is 19.1. The van der Waals surface area contributed by atoms with Crippen LogP contribution in [-0.2, 0) is 11.3 Å². The Hall–Kier alpha value is -2.14. The van der Waals surface area contributed by atoms with Gasteiger partial charge in [0.15, 0.2) is 0 Å². The van der Waals surface area contributed by atoms with E-state index in [0.717, 1.165) is 11.1 Å². The van der Waals surface area contributed by atoms with Gasteiger partial charge in [-0.1, -0.05) is 12.1 Å². The Labute approximate surface area is 121 Å². The number of halogens is 1. The summed E-state index contributed by atoms with van der Waals surface area (Å²) in [7, 11) is 0. The normalized spacial score (nSPS) is 22.5. The Morgan fingerprint density at radius 1 is 1.38 bits per heavy atom. The number of carbonyl (C=O) groups is 1. The van der Waals surface area contributed by atoms with Gasteiger partial charge in [-0.2, -0.15) is 0 Å². The lowest BCUT2D eigenvalue weighted by Gasteiger charge is -2.15. The van der Waals surface area contributed by atoms with E-state index in [0.29, 0.717) is 19.6 Å². The largest absolute Gasteiger partial charge is 0.481 e. The zero-order chi connectivity index (χ0) is 14.8. The lowest BCUT2D eigenvalue weighted by atomic mass is 9.89. The maximum absolute atomic E-state index is 13.4. The van der Waals surface area contributed by atoms with Gasteiger partial charge in [-0.25, -0.2) is 4.39 Å². The topological polar surface area (TPSA) is 53.7 Å². The second-order valence-electron chi connectivity index (χ2n) is 5.43. The van der Waals surface area contributed by atoms with E-state index >= 15 is 0 Å². The van der Waals surface area contributed by atoms with E-state index in [1.165, 1.54) is 12.1 Å². The van der Waals surface area contributed by atoms with Gasteiger partial charge in [0.05, 0.1) is 18.4 Å². The average molecular weight is 289 g/mol. The molecule has 5 heteroatoms. The number of carboxylic acid groups (broad SMARTS) is 1. The van der Waals surface area contributed by atoms with E-state index in [2.05, 4.69) is 4.90 Å². The van der Waals surface area contributed by atoms with Crippen molar-refractivity contribution in [2.75, 3.05) is 13.1 Å². The first-order valence-electron chi connectivity index (χ1n) is 6.85. The molecule has 1 aliphatic heterocycles. The van der Waals surface area contributed by atoms with Gasteiger partial charge in [0.1, 0.15) is 5.82 Å². The highest BCUT2D eigenvalue weighted by molar-refractivity contribution is 5.72. The number of nitrogens with zero attached hydrogens (tertiary/aromatic N) is 1. The maximum atomic E-state index is 13.4. The fourth-order valence-electron chi connectivity index (χ4n) is 2.98. The maximum Gasteiger partial charge on any atom is 0.308 e. The van der Waals surface area contributed by atoms with Crippen LogP contribution in [0.4, 0.5) is 4.39 Å². The predicted octanol–water partition coefficient (Wildman–Crippen LogP) is 2.72. The number of likely N-dealkylation sites (tertiary alicyclic amines) is 1. The van der Waals surface area contributed by atoms with Crippen LogP contribution >= 0.6 is 0 Å². The molecule has 1 aliphatic rings. The van der Waals surface area contributed by atoms with Crippen molar-refractivity contribution < 1.29 is 18.7 Å². The van der Waals surface area contributed by atoms with Crippen molar-refractivity contribution in [3.63, 3.8) is 0 Å². The first kappa shape index (κ1) is 13.8. The third kappa shape index (κ3) is 2.97. The van der Waals surface area contributed by atoms with Crippen molar-refractivity contribution in [3.05, 3.63) is 59.8 Å². The second kappa shape index (κ2) is 5.69. The van der Waals surface area contributed by atoms with Crippen LogP contribution in [0.3, 0.4) is 0 Å². The highest BCUT2D eigenvalue weighted by Gasteiger charge is 2.38. The Kier molecular flexibility index (Phi) is 3.75. The Bertz CT molecular complexity index is 626. The lowest BCUT2D eigenvalue weighted by Crippen LogP contribution is -2.23. The van der Waals surface area contributed by atoms with Crippen LogP contribution in [0, 0.1) is 11.7 Å². The number of hydrogen-bond donors (Lipinski definition) is 1. The van der Waals surface area contributed by atoms with Crippen LogP contribution in [-0.4, -0.2) is 29.1 Å². The van der Waals surface area contributed by atoms with Crippen molar-refractivity contribution in [2.45, 2.75) is 12.5 Å². The van der Waals surface area contributed by atoms with Crippen LogP contribution in [0.2, 0.25) is 0 Å². The minimum absolute atomic E-state index is 0.190. The number of benzene rings is 1. The summed E-state index contributed by atoms with van der Waals surface area (Å²) in [6.07, 6.45) is 3.26. The zero-order valence-electron chi connectivity index (χ0n) is 11.4. The van der Waals surface area contributed by atoms with E-state index in [1.54, 1.807) is 24.7 Å². The second-order valence-corrected chi connectivity index (χ2v) is 5.43. The fraction of sp³-hybridized carbons (Fsp3) is 0.312. The summed E-state index contributed by atoms with van der Waals surface area (Å²) in [4.78, 5) is 13.5. The highest BCUT2D eigenvalue weighted by Crippen LogP contribution is 2.34. The first-order chi connectivity index (χ1) is 10.1. The SMILES string of the molecule is O=C(O)[C@@H]1CN(Cc2ccoc2)C[C@H]1c1cccc(F)c1. The molecular weight excluding hydrogens is 273 g/mol. The molecule has 1 aromatic carbocycles. The van der Waals surface area contributed by atoms with Crippen molar-refractivity contribution >= 4 is 5.97 Å². The predicted molar refractivity (Wildman–Crippen MR) is 74.3 cm³/mol. The number of carboxylic acids is 1. The van der Waals surface area contributed by atoms with Gasteiger partial charge in [0.25, 0.3) is 0 Å². The summed E-state index contributed by atoms with van der Waals surface area (Å²) in [6.45, 7) is 1.71. The van der Waals surface area contributed by atoms with Gasteiger partial charge in [-0.05, 0) is 23.8 Å². The molecule has 2 atom stereocenters. The van der Waals surface area contributed by atoms with Crippen LogP contribution in [0.25, 0.3) is 0 Å². The molecule has 0 bridgehead atoms. The average Bonchev–Trinajstić information content (AvgIpc) is 3.08. The minimum atomic E-state index is -0.834. The Balaban J connectivity index is 1.80. The Morgan fingerprint density at radius 2 is 2.24 bits per heavy atom. The van der Waals surface area contributed by atoms with Crippen molar-refractivity contribution in [1.82, 2.24) is 4.90 Å². The summed E-state index contributed by atoms with van der Waals surface area (Å²) in [5, 5.41) is 9.42. The molecular formula is C16H16FNO3. The molecule has 2 heterocycles. The quantitative estimate of drug-likeness (QED) is 0.940. The minimum Gasteiger partial charge on any atom is -0.481 e. The molecule has 0 spiro atoms. The zero-order valence-corrected chi connectivity index (χ0v) is 11.4. The molecule has 1 aromatic heterocycles. The van der Waals surface area contributed by atoms with Gasteiger partial charge in [0.2, 0.25) is 0 Å². The van der Waals surface area contributed by atoms with Crippen molar-refractivity contribution in [2.24, 2.45) is 5.92 Å². The van der Waals surface area contributed by atoms with E-state index in [1.807, 2.05) is 6.07 Å². The fourth-order valence-corrected chi connectivity index (χ4v) is 2.98. The van der Waals surface area contributed by atoms with E-state index < -0.39 is 11.9 Å². The van der Waals surface area contributed by atoms with Gasteiger partial charge in [-0.15, -0.1) is 0 Å². The summed E-state index contributed by atoms with van der Waals surface area (Å²) in [5.41, 5.74) is 1.76. The van der Waals surface area contributed by atoms with E-state index in [9.17, 15) is 14.3 Å². The third-order valence-corrected chi connectivity index (χ3v) is 3.98. The van der Waals surface area contributed by atoms with E-state index in [4.69, 9.17) is 4.42 Å². The molecule has 21 heavy (non-hydrogen) atoms. The molecule has 3 rings (SSSR count). The number of hydrogen-bond acceptors (Lipinski definition) is 3. The van der Waals surface area contributed by atoms with Gasteiger partial charge in [-0.3, -0.25) is 9.69 Å². The van der Waals surface area contributed by atoms with E-state index in [-0.39, 0.29) is 11.7 Å². The lowest BCUT2D eigenvalue weighted by molar-refractivity contribution is -0.141. The Morgan fingerprint density at radius 3 is 2.90 bits per heavy atom.